The van der Waals surface area contributed by atoms with Crippen LogP contribution in [0.4, 0.5) is 0 Å². The summed E-state index contributed by atoms with van der Waals surface area (Å²) in [5.74, 6) is 3.19. The van der Waals surface area contributed by atoms with Gasteiger partial charge in [0.25, 0.3) is 0 Å². The zero-order valence-corrected chi connectivity index (χ0v) is 12.0. The second kappa shape index (κ2) is 5.48. The first-order valence-corrected chi connectivity index (χ1v) is 6.50. The number of benzene rings is 2. The first-order valence-electron chi connectivity index (χ1n) is 5.71. The molecule has 19 heavy (non-hydrogen) atoms. The van der Waals surface area contributed by atoms with Crippen LogP contribution < -0.4 is 4.74 Å². The van der Waals surface area contributed by atoms with Crippen LogP contribution in [0.5, 0.6) is 5.75 Å². The Bertz CT molecular complexity index is 596. The molecule has 0 saturated carbocycles. The molecule has 3 heteroatoms. The molecular weight excluding hydrogens is 304 g/mol. The van der Waals surface area contributed by atoms with Crippen LogP contribution in [-0.2, 0) is 5.60 Å². The molecule has 2 rings (SSSR count). The molecule has 0 bridgehead atoms. The maximum absolute atomic E-state index is 10.7. The standard InChI is InChI=1S/C16H13BrO2/c1-3-16(18,12-4-8-14(17)9-5-12)13-6-10-15(19-2)11-7-13/h1,4-11,18H,2H3. The molecule has 0 aliphatic heterocycles. The summed E-state index contributed by atoms with van der Waals surface area (Å²) in [7, 11) is 1.59. The Morgan fingerprint density at radius 2 is 1.53 bits per heavy atom. The number of rotatable bonds is 3. The normalized spacial score (nSPS) is 13.4. The fourth-order valence-electron chi connectivity index (χ4n) is 1.86. The third-order valence-corrected chi connectivity index (χ3v) is 3.51. The number of halogens is 1. The molecule has 0 amide bonds. The quantitative estimate of drug-likeness (QED) is 0.880. The number of hydrogen-bond donors (Lipinski definition) is 1. The second-order valence-electron chi connectivity index (χ2n) is 4.09. The van der Waals surface area contributed by atoms with E-state index in [1.807, 2.05) is 12.1 Å². The molecule has 0 heterocycles. The van der Waals surface area contributed by atoms with Crippen LogP contribution in [-0.4, -0.2) is 12.2 Å². The highest BCUT2D eigenvalue weighted by atomic mass is 79.9. The molecule has 0 aliphatic rings. The van der Waals surface area contributed by atoms with E-state index in [9.17, 15) is 5.11 Å². The predicted molar refractivity (Wildman–Crippen MR) is 79.0 cm³/mol. The van der Waals surface area contributed by atoms with Gasteiger partial charge in [0.2, 0.25) is 0 Å². The average molecular weight is 317 g/mol. The number of methoxy groups -OCH3 is 1. The third-order valence-electron chi connectivity index (χ3n) is 2.98. The van der Waals surface area contributed by atoms with Crippen molar-refractivity contribution >= 4 is 15.9 Å². The summed E-state index contributed by atoms with van der Waals surface area (Å²) in [6.45, 7) is 0. The van der Waals surface area contributed by atoms with Crippen molar-refractivity contribution in [3.8, 4) is 18.1 Å². The minimum atomic E-state index is -1.44. The Kier molecular flexibility index (Phi) is 3.94. The van der Waals surface area contributed by atoms with Gasteiger partial charge in [0.1, 0.15) is 5.75 Å². The highest BCUT2D eigenvalue weighted by Crippen LogP contribution is 2.30. The van der Waals surface area contributed by atoms with Gasteiger partial charge in [-0.25, -0.2) is 0 Å². The zero-order chi connectivity index (χ0) is 13.9. The van der Waals surface area contributed by atoms with Crippen molar-refractivity contribution < 1.29 is 9.84 Å². The predicted octanol–water partition coefficient (Wildman–Crippen LogP) is 3.33. The SMILES string of the molecule is C#CC(O)(c1ccc(Br)cc1)c1ccc(OC)cc1. The van der Waals surface area contributed by atoms with Crippen molar-refractivity contribution in [2.75, 3.05) is 7.11 Å². The molecule has 0 spiro atoms. The molecule has 2 aromatic carbocycles. The van der Waals surface area contributed by atoms with Crippen LogP contribution in [0.3, 0.4) is 0 Å². The van der Waals surface area contributed by atoms with Gasteiger partial charge in [-0.15, -0.1) is 6.42 Å². The second-order valence-corrected chi connectivity index (χ2v) is 5.01. The molecular formula is C16H13BrO2. The van der Waals surface area contributed by atoms with Gasteiger partial charge in [0, 0.05) is 15.6 Å². The summed E-state index contributed by atoms with van der Waals surface area (Å²) in [5.41, 5.74) is -0.144. The van der Waals surface area contributed by atoms with Gasteiger partial charge in [0.15, 0.2) is 5.60 Å². The molecule has 2 aromatic rings. The minimum Gasteiger partial charge on any atom is -0.497 e. The third kappa shape index (κ3) is 2.65. The first-order chi connectivity index (χ1) is 9.10. The molecule has 0 fully saturated rings. The lowest BCUT2D eigenvalue weighted by atomic mass is 9.87. The summed E-state index contributed by atoms with van der Waals surface area (Å²) in [5, 5.41) is 10.7. The topological polar surface area (TPSA) is 29.5 Å². The van der Waals surface area contributed by atoms with Crippen molar-refractivity contribution in [2.45, 2.75) is 5.60 Å². The molecule has 0 aliphatic carbocycles. The van der Waals surface area contributed by atoms with E-state index in [0.717, 1.165) is 10.2 Å². The van der Waals surface area contributed by atoms with Crippen molar-refractivity contribution in [3.63, 3.8) is 0 Å². The van der Waals surface area contributed by atoms with E-state index in [1.54, 1.807) is 43.5 Å². The highest BCUT2D eigenvalue weighted by molar-refractivity contribution is 9.10. The Hall–Kier alpha value is -1.76. The smallest absolute Gasteiger partial charge is 0.176 e. The summed E-state index contributed by atoms with van der Waals surface area (Å²) < 4.78 is 6.03. The van der Waals surface area contributed by atoms with Crippen LogP contribution in [0.15, 0.2) is 53.0 Å². The molecule has 1 unspecified atom stereocenters. The van der Waals surface area contributed by atoms with Crippen LogP contribution in [0.1, 0.15) is 11.1 Å². The van der Waals surface area contributed by atoms with Crippen LogP contribution in [0.2, 0.25) is 0 Å². The van der Waals surface area contributed by atoms with Gasteiger partial charge in [-0.2, -0.15) is 0 Å². The van der Waals surface area contributed by atoms with Gasteiger partial charge in [-0.1, -0.05) is 46.1 Å². The minimum absolute atomic E-state index is 0.637. The zero-order valence-electron chi connectivity index (χ0n) is 10.4. The van der Waals surface area contributed by atoms with Crippen LogP contribution in [0, 0.1) is 12.3 Å². The van der Waals surface area contributed by atoms with Gasteiger partial charge < -0.3 is 9.84 Å². The van der Waals surface area contributed by atoms with Crippen LogP contribution in [0.25, 0.3) is 0 Å². The Morgan fingerprint density at radius 1 is 1.05 bits per heavy atom. The maximum atomic E-state index is 10.7. The molecule has 0 saturated heterocycles. The summed E-state index contributed by atoms with van der Waals surface area (Å²) >= 11 is 3.36. The fraction of sp³-hybridized carbons (Fsp3) is 0.125. The average Bonchev–Trinajstić information content (AvgIpc) is 2.47. The lowest BCUT2D eigenvalue weighted by molar-refractivity contribution is 0.145. The van der Waals surface area contributed by atoms with Gasteiger partial charge >= 0.3 is 0 Å². The molecule has 0 radical (unpaired) electrons. The summed E-state index contributed by atoms with van der Waals surface area (Å²) in [6, 6.07) is 14.4. The van der Waals surface area contributed by atoms with E-state index in [1.165, 1.54) is 0 Å². The van der Waals surface area contributed by atoms with Crippen molar-refractivity contribution in [1.29, 1.82) is 0 Å². The molecule has 96 valence electrons. The van der Waals surface area contributed by atoms with E-state index >= 15 is 0 Å². The Morgan fingerprint density at radius 3 is 1.95 bits per heavy atom. The van der Waals surface area contributed by atoms with E-state index in [2.05, 4.69) is 21.9 Å². The van der Waals surface area contributed by atoms with E-state index in [4.69, 9.17) is 11.2 Å². The van der Waals surface area contributed by atoms with Gasteiger partial charge in [-0.3, -0.25) is 0 Å². The number of ether oxygens (including phenoxy) is 1. The van der Waals surface area contributed by atoms with Crippen molar-refractivity contribution in [3.05, 3.63) is 64.1 Å². The fourth-order valence-corrected chi connectivity index (χ4v) is 2.12. The van der Waals surface area contributed by atoms with Crippen molar-refractivity contribution in [1.82, 2.24) is 0 Å². The summed E-state index contributed by atoms with van der Waals surface area (Å²) in [6.07, 6.45) is 5.54. The highest BCUT2D eigenvalue weighted by Gasteiger charge is 2.28. The van der Waals surface area contributed by atoms with Crippen LogP contribution >= 0.6 is 15.9 Å². The first kappa shape index (κ1) is 13.7. The van der Waals surface area contributed by atoms with E-state index in [0.29, 0.717) is 11.1 Å². The molecule has 2 nitrogen and oxygen atoms in total. The van der Waals surface area contributed by atoms with Crippen molar-refractivity contribution in [2.24, 2.45) is 0 Å². The number of terminal acetylenes is 1. The summed E-state index contributed by atoms with van der Waals surface area (Å²) in [4.78, 5) is 0. The monoisotopic (exact) mass is 316 g/mol. The number of hydrogen-bond acceptors (Lipinski definition) is 2. The molecule has 1 atom stereocenters. The molecule has 0 aromatic heterocycles. The largest absolute Gasteiger partial charge is 0.497 e. The van der Waals surface area contributed by atoms with E-state index in [-0.39, 0.29) is 0 Å². The molecule has 1 N–H and O–H groups in total. The van der Waals surface area contributed by atoms with E-state index < -0.39 is 5.60 Å². The lowest BCUT2D eigenvalue weighted by Crippen LogP contribution is -2.24. The Labute approximate surface area is 121 Å². The maximum Gasteiger partial charge on any atom is 0.176 e. The van der Waals surface area contributed by atoms with Gasteiger partial charge in [-0.05, 0) is 24.3 Å². The van der Waals surface area contributed by atoms with Gasteiger partial charge in [0.05, 0.1) is 7.11 Å². The number of aliphatic hydroxyl groups is 1. The Balaban J connectivity index is 2.47. The lowest BCUT2D eigenvalue weighted by Gasteiger charge is -2.23.